The minimum absolute atomic E-state index is 0.395. The van der Waals surface area contributed by atoms with Crippen LogP contribution in [0.1, 0.15) is 16.7 Å². The Kier molecular flexibility index (Phi) is 9.37. The second kappa shape index (κ2) is 15.2. The summed E-state index contributed by atoms with van der Waals surface area (Å²) in [5.74, 6) is 1.36. The van der Waals surface area contributed by atoms with E-state index >= 15 is 0 Å². The molecule has 0 fully saturated rings. The second-order valence-corrected chi connectivity index (χ2v) is 15.3. The lowest BCUT2D eigenvalue weighted by molar-refractivity contribution is -0.137. The Labute approximate surface area is 351 Å². The van der Waals surface area contributed by atoms with Gasteiger partial charge >= 0.3 is 6.18 Å². The summed E-state index contributed by atoms with van der Waals surface area (Å²) in [4.78, 5) is 15.1. The summed E-state index contributed by atoms with van der Waals surface area (Å²) in [6.07, 6.45) is -4.56. The van der Waals surface area contributed by atoms with Gasteiger partial charge in [0.2, 0.25) is 0 Å². The molecule has 0 radical (unpaired) electrons. The molecule has 0 saturated heterocycles. The van der Waals surface area contributed by atoms with E-state index in [0.717, 1.165) is 72.5 Å². The first-order valence-corrected chi connectivity index (χ1v) is 20.1. The summed E-state index contributed by atoms with van der Waals surface area (Å²) >= 11 is 0. The molecule has 2 aromatic heterocycles. The number of halogens is 3. The molecule has 0 spiro atoms. The Morgan fingerprint density at radius 1 is 0.393 bits per heavy atom. The standard InChI is InChI=1S/C54H37F3N4/c1-34-15-13-21-38(29-34)45-32-41(53-59-51(36-17-5-3-6-18-36)58-52(60-53)37-19-7-4-8-20-37)33-46(39-22-14-23-42(30-39)54(55,56)57)50(45)61-48-26-12-11-25-44(48)47-31-40(27-28-49(47)61)43-24-10-9-16-35(43)2/h3-33H,1-2H3. The highest BCUT2D eigenvalue weighted by Crippen LogP contribution is 2.45. The average Bonchev–Trinajstić information content (AvgIpc) is 3.62. The molecule has 294 valence electrons. The number of para-hydroxylation sites is 1. The van der Waals surface area contributed by atoms with Crippen LogP contribution in [0.4, 0.5) is 13.2 Å². The molecule has 2 heterocycles. The maximum atomic E-state index is 14.6. The van der Waals surface area contributed by atoms with E-state index in [9.17, 15) is 13.2 Å². The quantitative estimate of drug-likeness (QED) is 0.161. The molecular formula is C54H37F3N4. The third kappa shape index (κ3) is 7.04. The normalized spacial score (nSPS) is 11.7. The highest BCUT2D eigenvalue weighted by molar-refractivity contribution is 6.12. The summed E-state index contributed by atoms with van der Waals surface area (Å²) in [6.45, 7) is 4.15. The number of hydrogen-bond acceptors (Lipinski definition) is 3. The maximum Gasteiger partial charge on any atom is 0.416 e. The van der Waals surface area contributed by atoms with Crippen LogP contribution in [0.3, 0.4) is 0 Å². The lowest BCUT2D eigenvalue weighted by Gasteiger charge is -2.22. The molecule has 4 nitrogen and oxygen atoms in total. The summed E-state index contributed by atoms with van der Waals surface area (Å²) in [6, 6.07) is 60.3. The van der Waals surface area contributed by atoms with Crippen LogP contribution >= 0.6 is 0 Å². The van der Waals surface area contributed by atoms with Crippen LogP contribution in [0.25, 0.3) is 95.0 Å². The third-order valence-corrected chi connectivity index (χ3v) is 11.2. The van der Waals surface area contributed by atoms with Crippen molar-refractivity contribution in [3.63, 3.8) is 0 Å². The topological polar surface area (TPSA) is 43.6 Å². The summed E-state index contributed by atoms with van der Waals surface area (Å²) in [5, 5.41) is 2.06. The molecule has 0 N–H and O–H groups in total. The predicted octanol–water partition coefficient (Wildman–Crippen LogP) is 14.6. The van der Waals surface area contributed by atoms with Gasteiger partial charge in [0.05, 0.1) is 22.3 Å². The van der Waals surface area contributed by atoms with Crippen molar-refractivity contribution in [1.29, 1.82) is 0 Å². The van der Waals surface area contributed by atoms with Crippen LogP contribution in [0.2, 0.25) is 0 Å². The van der Waals surface area contributed by atoms with Crippen LogP contribution < -0.4 is 0 Å². The lowest BCUT2D eigenvalue weighted by Crippen LogP contribution is -2.06. The highest BCUT2D eigenvalue weighted by atomic mass is 19.4. The first-order valence-electron chi connectivity index (χ1n) is 20.1. The number of aryl methyl sites for hydroxylation is 2. The molecule has 0 aliphatic heterocycles. The van der Waals surface area contributed by atoms with E-state index in [1.54, 1.807) is 6.07 Å². The molecule has 0 aliphatic carbocycles. The summed E-state index contributed by atoms with van der Waals surface area (Å²) in [7, 11) is 0. The number of fused-ring (bicyclic) bond motifs is 3. The largest absolute Gasteiger partial charge is 0.416 e. The number of aromatic nitrogens is 4. The SMILES string of the molecule is Cc1cccc(-c2cc(-c3nc(-c4ccccc4)nc(-c4ccccc4)n3)cc(-c3cccc(C(F)(F)F)c3)c2-n2c3ccccc3c3cc(-c4ccccc4C)ccc32)c1. The van der Waals surface area contributed by atoms with Gasteiger partial charge < -0.3 is 4.57 Å². The van der Waals surface area contributed by atoms with Gasteiger partial charge in [0.15, 0.2) is 17.5 Å². The number of hydrogen-bond donors (Lipinski definition) is 0. The first-order chi connectivity index (χ1) is 29.7. The van der Waals surface area contributed by atoms with Gasteiger partial charge in [-0.25, -0.2) is 15.0 Å². The molecule has 7 heteroatoms. The van der Waals surface area contributed by atoms with E-state index in [2.05, 4.69) is 66.1 Å². The van der Waals surface area contributed by atoms with Gasteiger partial charge in [-0.3, -0.25) is 0 Å². The van der Waals surface area contributed by atoms with E-state index in [1.807, 2.05) is 116 Å². The second-order valence-electron chi connectivity index (χ2n) is 15.3. The van der Waals surface area contributed by atoms with Crippen molar-refractivity contribution in [2.24, 2.45) is 0 Å². The Bertz CT molecular complexity index is 3200. The van der Waals surface area contributed by atoms with Crippen LogP contribution in [-0.4, -0.2) is 19.5 Å². The van der Waals surface area contributed by atoms with Gasteiger partial charge in [-0.2, -0.15) is 13.2 Å². The van der Waals surface area contributed by atoms with Crippen LogP contribution in [-0.2, 0) is 6.18 Å². The summed E-state index contributed by atoms with van der Waals surface area (Å²) < 4.78 is 46.0. The summed E-state index contributed by atoms with van der Waals surface area (Å²) in [5.41, 5.74) is 11.2. The van der Waals surface area contributed by atoms with E-state index in [-0.39, 0.29) is 0 Å². The highest BCUT2D eigenvalue weighted by Gasteiger charge is 2.31. The van der Waals surface area contributed by atoms with Crippen molar-refractivity contribution in [3.8, 4) is 73.2 Å². The zero-order chi connectivity index (χ0) is 41.7. The molecule has 0 amide bonds. The molecule has 10 rings (SSSR count). The molecular weight excluding hydrogens is 762 g/mol. The van der Waals surface area contributed by atoms with Crippen molar-refractivity contribution < 1.29 is 13.2 Å². The fourth-order valence-corrected chi connectivity index (χ4v) is 8.34. The third-order valence-electron chi connectivity index (χ3n) is 11.2. The smallest absolute Gasteiger partial charge is 0.308 e. The Balaban J connectivity index is 1.33. The Hall–Kier alpha value is -7.64. The van der Waals surface area contributed by atoms with Gasteiger partial charge in [-0.05, 0) is 84.1 Å². The van der Waals surface area contributed by atoms with Gasteiger partial charge in [0.1, 0.15) is 0 Å². The Morgan fingerprint density at radius 3 is 1.56 bits per heavy atom. The van der Waals surface area contributed by atoms with Crippen molar-refractivity contribution in [1.82, 2.24) is 19.5 Å². The van der Waals surface area contributed by atoms with E-state index in [0.29, 0.717) is 34.2 Å². The van der Waals surface area contributed by atoms with Gasteiger partial charge in [-0.1, -0.05) is 151 Å². The number of alkyl halides is 3. The van der Waals surface area contributed by atoms with Crippen LogP contribution in [0.5, 0.6) is 0 Å². The molecule has 8 aromatic carbocycles. The molecule has 10 aromatic rings. The lowest BCUT2D eigenvalue weighted by atomic mass is 9.91. The van der Waals surface area contributed by atoms with Crippen molar-refractivity contribution >= 4 is 21.8 Å². The number of rotatable bonds is 7. The average molecular weight is 799 g/mol. The predicted molar refractivity (Wildman–Crippen MR) is 241 cm³/mol. The molecule has 0 atom stereocenters. The molecule has 0 bridgehead atoms. The van der Waals surface area contributed by atoms with E-state index < -0.39 is 11.7 Å². The minimum atomic E-state index is -4.56. The first kappa shape index (κ1) is 37.6. The van der Waals surface area contributed by atoms with E-state index in [4.69, 9.17) is 15.0 Å². The zero-order valence-electron chi connectivity index (χ0n) is 33.3. The fourth-order valence-electron chi connectivity index (χ4n) is 8.34. The zero-order valence-corrected chi connectivity index (χ0v) is 33.3. The number of benzene rings is 8. The van der Waals surface area contributed by atoms with Gasteiger partial charge in [0, 0.05) is 38.6 Å². The van der Waals surface area contributed by atoms with E-state index in [1.165, 1.54) is 17.7 Å². The molecule has 0 saturated carbocycles. The monoisotopic (exact) mass is 798 g/mol. The minimum Gasteiger partial charge on any atom is -0.308 e. The van der Waals surface area contributed by atoms with Crippen molar-refractivity contribution in [2.75, 3.05) is 0 Å². The van der Waals surface area contributed by atoms with Gasteiger partial charge in [0.25, 0.3) is 0 Å². The fraction of sp³-hybridized carbons (Fsp3) is 0.0556. The maximum absolute atomic E-state index is 14.6. The number of nitrogens with zero attached hydrogens (tertiary/aromatic N) is 4. The van der Waals surface area contributed by atoms with Crippen LogP contribution in [0, 0.1) is 13.8 Å². The van der Waals surface area contributed by atoms with Crippen molar-refractivity contribution in [3.05, 3.63) is 205 Å². The molecule has 0 unspecified atom stereocenters. The van der Waals surface area contributed by atoms with Crippen LogP contribution in [0.15, 0.2) is 188 Å². The van der Waals surface area contributed by atoms with Crippen molar-refractivity contribution in [2.45, 2.75) is 20.0 Å². The Morgan fingerprint density at radius 2 is 0.918 bits per heavy atom. The molecule has 0 aliphatic rings. The van der Waals surface area contributed by atoms with Gasteiger partial charge in [-0.15, -0.1) is 0 Å². The molecule has 61 heavy (non-hydrogen) atoms.